The van der Waals surface area contributed by atoms with Crippen molar-refractivity contribution in [1.82, 2.24) is 19.1 Å². The largest absolute Gasteiger partial charge is 0.341 e. The van der Waals surface area contributed by atoms with E-state index in [1.54, 1.807) is 11.3 Å². The van der Waals surface area contributed by atoms with Crippen LogP contribution in [0.25, 0.3) is 15.7 Å². The molecule has 3 aromatic rings. The molecule has 1 saturated heterocycles. The summed E-state index contributed by atoms with van der Waals surface area (Å²) in [6.07, 6.45) is 2.83. The van der Waals surface area contributed by atoms with Gasteiger partial charge in [-0.25, -0.2) is 4.68 Å². The van der Waals surface area contributed by atoms with Crippen molar-refractivity contribution >= 4 is 33.0 Å². The van der Waals surface area contributed by atoms with Gasteiger partial charge in [-0.1, -0.05) is 27.7 Å². The number of likely N-dealkylation sites (tertiary alicyclic amines) is 1. The summed E-state index contributed by atoms with van der Waals surface area (Å²) < 4.78 is 4.44. The molecular formula is C21H28N4O2S. The lowest BCUT2D eigenvalue weighted by atomic mass is 9.92. The highest BCUT2D eigenvalue weighted by atomic mass is 32.1. The Balaban J connectivity index is 1.72. The van der Waals surface area contributed by atoms with E-state index in [4.69, 9.17) is 0 Å². The van der Waals surface area contributed by atoms with Crippen LogP contribution in [0.5, 0.6) is 0 Å². The van der Waals surface area contributed by atoms with Gasteiger partial charge in [0.1, 0.15) is 17.9 Å². The molecule has 0 aliphatic carbocycles. The molecule has 0 saturated carbocycles. The van der Waals surface area contributed by atoms with Gasteiger partial charge in [0.25, 0.3) is 5.56 Å². The first kappa shape index (κ1) is 19.2. The molecule has 0 N–H and O–H groups in total. The lowest BCUT2D eigenvalue weighted by molar-refractivity contribution is -0.134. The van der Waals surface area contributed by atoms with E-state index in [9.17, 15) is 9.59 Å². The zero-order valence-corrected chi connectivity index (χ0v) is 17.9. The first-order valence-corrected chi connectivity index (χ1v) is 11.0. The number of aromatic nitrogens is 3. The number of hydrogen-bond acceptors (Lipinski definition) is 4. The Morgan fingerprint density at radius 1 is 1.14 bits per heavy atom. The lowest BCUT2D eigenvalue weighted by Crippen LogP contribution is -2.45. The van der Waals surface area contributed by atoms with Crippen LogP contribution in [0.1, 0.15) is 44.8 Å². The molecule has 1 fully saturated rings. The Labute approximate surface area is 168 Å². The zero-order valence-electron chi connectivity index (χ0n) is 17.1. The number of carbonyl (C=O) groups excluding carboxylic acids is 1. The van der Waals surface area contributed by atoms with Crippen molar-refractivity contribution in [2.24, 2.45) is 11.8 Å². The van der Waals surface area contributed by atoms with Crippen LogP contribution in [0.3, 0.4) is 0 Å². The Morgan fingerprint density at radius 3 is 2.50 bits per heavy atom. The summed E-state index contributed by atoms with van der Waals surface area (Å²) in [5, 5.41) is 4.57. The molecular weight excluding hydrogens is 372 g/mol. The van der Waals surface area contributed by atoms with E-state index in [1.165, 1.54) is 9.56 Å². The molecule has 0 unspecified atom stereocenters. The molecule has 1 aliphatic heterocycles. The summed E-state index contributed by atoms with van der Waals surface area (Å²) >= 11 is 1.72. The van der Waals surface area contributed by atoms with Gasteiger partial charge in [0.15, 0.2) is 0 Å². The monoisotopic (exact) mass is 400 g/mol. The molecule has 4 rings (SSSR count). The summed E-state index contributed by atoms with van der Waals surface area (Å²) in [4.78, 5) is 29.1. The fraction of sp³-hybridized carbons (Fsp3) is 0.571. The number of thiophene rings is 1. The van der Waals surface area contributed by atoms with E-state index in [0.29, 0.717) is 23.8 Å². The van der Waals surface area contributed by atoms with Crippen LogP contribution >= 0.6 is 11.3 Å². The quantitative estimate of drug-likeness (QED) is 0.675. The van der Waals surface area contributed by atoms with Gasteiger partial charge in [0, 0.05) is 24.4 Å². The van der Waals surface area contributed by atoms with Gasteiger partial charge < -0.3 is 4.90 Å². The second kappa shape index (κ2) is 7.35. The van der Waals surface area contributed by atoms with Gasteiger partial charge in [-0.2, -0.15) is 5.10 Å². The minimum absolute atomic E-state index is 0.0129. The molecule has 6 nitrogen and oxygen atoms in total. The standard InChI is InChI=1S/C21H28N4O2S/c1-5-15-8-16-18(28-15)9-17-21(27)24(22-19(6-2)25(16)17)12-20(26)23-10-13(3)7-14(4)11-23/h8-9,13-14H,5-7,10-12H2,1-4H3/t13-,14+. The van der Waals surface area contributed by atoms with Crippen LogP contribution in [-0.4, -0.2) is 38.1 Å². The van der Waals surface area contributed by atoms with Crippen LogP contribution < -0.4 is 5.56 Å². The smallest absolute Gasteiger partial charge is 0.291 e. The number of aryl methyl sites for hydroxylation is 2. The fourth-order valence-electron chi connectivity index (χ4n) is 4.45. The number of carbonyl (C=O) groups is 1. The summed E-state index contributed by atoms with van der Waals surface area (Å²) in [6.45, 7) is 10.1. The summed E-state index contributed by atoms with van der Waals surface area (Å²) in [6, 6.07) is 4.10. The van der Waals surface area contributed by atoms with E-state index in [-0.39, 0.29) is 18.0 Å². The maximum absolute atomic E-state index is 13.1. The van der Waals surface area contributed by atoms with Crippen LogP contribution in [0.4, 0.5) is 0 Å². The first-order valence-electron chi connectivity index (χ1n) is 10.2. The first-order chi connectivity index (χ1) is 13.4. The molecule has 0 radical (unpaired) electrons. The predicted molar refractivity (Wildman–Crippen MR) is 113 cm³/mol. The van der Waals surface area contributed by atoms with Crippen LogP contribution in [0, 0.1) is 11.8 Å². The van der Waals surface area contributed by atoms with Crippen molar-refractivity contribution < 1.29 is 4.79 Å². The number of rotatable bonds is 4. The second-order valence-electron chi connectivity index (χ2n) is 8.16. The van der Waals surface area contributed by atoms with Crippen molar-refractivity contribution in [1.29, 1.82) is 0 Å². The van der Waals surface area contributed by atoms with Crippen LogP contribution in [0.15, 0.2) is 16.9 Å². The fourth-order valence-corrected chi connectivity index (χ4v) is 5.47. The normalized spacial score (nSPS) is 20.4. The highest BCUT2D eigenvalue weighted by molar-refractivity contribution is 7.19. The molecule has 1 amide bonds. The Hall–Kier alpha value is -2.15. The van der Waals surface area contributed by atoms with Crippen molar-refractivity contribution in [3.05, 3.63) is 33.2 Å². The third-order valence-corrected chi connectivity index (χ3v) is 6.88. The summed E-state index contributed by atoms with van der Waals surface area (Å²) in [7, 11) is 0. The molecule has 0 spiro atoms. The SMILES string of the molecule is CCc1cc2c(cc3c(=O)n(CC(=O)N4C[C@H](C)C[C@H](C)C4)nc(CC)n32)s1. The van der Waals surface area contributed by atoms with E-state index in [2.05, 4.69) is 31.9 Å². The molecule has 2 atom stereocenters. The van der Waals surface area contributed by atoms with E-state index < -0.39 is 0 Å². The number of piperidine rings is 1. The maximum atomic E-state index is 13.1. The predicted octanol–water partition coefficient (Wildman–Crippen LogP) is 3.34. The Kier molecular flexibility index (Phi) is 5.04. The second-order valence-corrected chi connectivity index (χ2v) is 9.33. The molecule has 7 heteroatoms. The Bertz CT molecular complexity index is 1080. The van der Waals surface area contributed by atoms with Gasteiger partial charge in [-0.15, -0.1) is 11.3 Å². The van der Waals surface area contributed by atoms with Gasteiger partial charge in [0.05, 0.1) is 10.2 Å². The van der Waals surface area contributed by atoms with Crippen LogP contribution in [-0.2, 0) is 24.2 Å². The van der Waals surface area contributed by atoms with Crippen molar-refractivity contribution in [2.75, 3.05) is 13.1 Å². The molecule has 0 bridgehead atoms. The van der Waals surface area contributed by atoms with Crippen molar-refractivity contribution in [3.8, 4) is 0 Å². The van der Waals surface area contributed by atoms with E-state index in [0.717, 1.165) is 42.0 Å². The lowest BCUT2D eigenvalue weighted by Gasteiger charge is -2.35. The third-order valence-electron chi connectivity index (χ3n) is 5.66. The van der Waals surface area contributed by atoms with Crippen LogP contribution in [0.2, 0.25) is 0 Å². The molecule has 28 heavy (non-hydrogen) atoms. The molecule has 4 heterocycles. The number of fused-ring (bicyclic) bond motifs is 3. The molecule has 1 aliphatic rings. The molecule has 150 valence electrons. The number of nitrogens with zero attached hydrogens (tertiary/aromatic N) is 4. The zero-order chi connectivity index (χ0) is 20.0. The molecule has 3 aromatic heterocycles. The average molecular weight is 401 g/mol. The maximum Gasteiger partial charge on any atom is 0.291 e. The summed E-state index contributed by atoms with van der Waals surface area (Å²) in [5.41, 5.74) is 1.48. The van der Waals surface area contributed by atoms with Gasteiger partial charge >= 0.3 is 0 Å². The number of amides is 1. The highest BCUT2D eigenvalue weighted by Crippen LogP contribution is 2.29. The minimum atomic E-state index is -0.190. The van der Waals surface area contributed by atoms with Crippen molar-refractivity contribution in [3.63, 3.8) is 0 Å². The highest BCUT2D eigenvalue weighted by Gasteiger charge is 2.26. The van der Waals surface area contributed by atoms with E-state index in [1.807, 2.05) is 22.3 Å². The minimum Gasteiger partial charge on any atom is -0.341 e. The summed E-state index contributed by atoms with van der Waals surface area (Å²) in [5.74, 6) is 1.80. The topological polar surface area (TPSA) is 59.6 Å². The van der Waals surface area contributed by atoms with Gasteiger partial charge in [0.2, 0.25) is 5.91 Å². The molecule has 0 aromatic carbocycles. The van der Waals surface area contributed by atoms with E-state index >= 15 is 0 Å². The average Bonchev–Trinajstić information content (AvgIpc) is 3.21. The van der Waals surface area contributed by atoms with Gasteiger partial charge in [-0.3, -0.25) is 14.0 Å². The number of hydrogen-bond donors (Lipinski definition) is 0. The Morgan fingerprint density at radius 2 is 1.86 bits per heavy atom. The third kappa shape index (κ3) is 3.26. The van der Waals surface area contributed by atoms with Gasteiger partial charge in [-0.05, 0) is 36.8 Å². The van der Waals surface area contributed by atoms with Crippen molar-refractivity contribution in [2.45, 2.75) is 53.5 Å².